The zero-order valence-electron chi connectivity index (χ0n) is 6.13. The van der Waals surface area contributed by atoms with Gasteiger partial charge < -0.3 is 11.1 Å². The molecule has 0 aromatic rings. The summed E-state index contributed by atoms with van der Waals surface area (Å²) in [5.41, 5.74) is 4.84. The fraction of sp³-hybridized carbons (Fsp3) is 0.500. The maximum Gasteiger partial charge on any atom is 0.239 e. The Labute approximate surface area is 64.2 Å². The summed E-state index contributed by atoms with van der Waals surface area (Å²) < 4.78 is 0. The Morgan fingerprint density at radius 2 is 2.27 bits per heavy atom. The number of carbonyl (C=O) groups excluding carboxylic acids is 2. The highest BCUT2D eigenvalue weighted by Crippen LogP contribution is 1.81. The molecule has 0 aromatic heterocycles. The molecule has 2 amide bonds. The van der Waals surface area contributed by atoms with Crippen LogP contribution in [-0.2, 0) is 9.59 Å². The van der Waals surface area contributed by atoms with Crippen LogP contribution in [0, 0.1) is 11.3 Å². The van der Waals surface area contributed by atoms with Crippen molar-refractivity contribution in [3.05, 3.63) is 0 Å². The summed E-state index contributed by atoms with van der Waals surface area (Å²) >= 11 is 0. The normalized spacial score (nSPS) is 11.3. The minimum absolute atomic E-state index is 0.252. The van der Waals surface area contributed by atoms with Crippen molar-refractivity contribution in [2.24, 2.45) is 5.73 Å². The first-order valence-electron chi connectivity index (χ1n) is 3.03. The van der Waals surface area contributed by atoms with Crippen molar-refractivity contribution in [3.8, 4) is 6.07 Å². The van der Waals surface area contributed by atoms with E-state index in [2.05, 4.69) is 5.32 Å². The number of primary amides is 1. The van der Waals surface area contributed by atoms with Gasteiger partial charge in [-0.15, -0.1) is 0 Å². The van der Waals surface area contributed by atoms with Crippen molar-refractivity contribution in [3.63, 3.8) is 0 Å². The van der Waals surface area contributed by atoms with Crippen LogP contribution >= 0.6 is 0 Å². The fourth-order valence-corrected chi connectivity index (χ4v) is 0.435. The molecule has 60 valence electrons. The van der Waals surface area contributed by atoms with Crippen LogP contribution in [0.25, 0.3) is 0 Å². The molecule has 0 aliphatic carbocycles. The van der Waals surface area contributed by atoms with E-state index in [1.807, 2.05) is 0 Å². The standard InChI is InChI=1S/C6H9N3O2/c1-4(6(8)11)9-5(10)2-3-7/h4H,2H2,1H3,(H2,8,11)(H,9,10). The van der Waals surface area contributed by atoms with Crippen molar-refractivity contribution in [2.75, 3.05) is 0 Å². The maximum absolute atomic E-state index is 10.6. The first-order valence-corrected chi connectivity index (χ1v) is 3.03. The van der Waals surface area contributed by atoms with Crippen molar-refractivity contribution in [2.45, 2.75) is 19.4 Å². The smallest absolute Gasteiger partial charge is 0.239 e. The Hall–Kier alpha value is -1.57. The molecule has 0 fully saturated rings. The van der Waals surface area contributed by atoms with Crippen LogP contribution in [0.2, 0.25) is 0 Å². The van der Waals surface area contributed by atoms with Gasteiger partial charge in [0, 0.05) is 0 Å². The highest BCUT2D eigenvalue weighted by atomic mass is 16.2. The highest BCUT2D eigenvalue weighted by Gasteiger charge is 2.10. The molecule has 0 spiro atoms. The molecule has 0 bridgehead atoms. The van der Waals surface area contributed by atoms with E-state index >= 15 is 0 Å². The third-order valence-corrected chi connectivity index (χ3v) is 1.04. The van der Waals surface area contributed by atoms with Crippen LogP contribution in [0.5, 0.6) is 0 Å². The summed E-state index contributed by atoms with van der Waals surface area (Å²) in [6.45, 7) is 1.46. The van der Waals surface area contributed by atoms with E-state index in [4.69, 9.17) is 11.0 Å². The number of nitriles is 1. The van der Waals surface area contributed by atoms with Gasteiger partial charge in [0.25, 0.3) is 0 Å². The predicted molar refractivity (Wildman–Crippen MR) is 37.0 cm³/mol. The molecule has 11 heavy (non-hydrogen) atoms. The number of nitrogens with one attached hydrogen (secondary N) is 1. The van der Waals surface area contributed by atoms with E-state index in [0.717, 1.165) is 0 Å². The van der Waals surface area contributed by atoms with Gasteiger partial charge in [0.2, 0.25) is 11.8 Å². The molecular weight excluding hydrogens is 146 g/mol. The average Bonchev–Trinajstić information content (AvgIpc) is 1.87. The van der Waals surface area contributed by atoms with Crippen molar-refractivity contribution >= 4 is 11.8 Å². The lowest BCUT2D eigenvalue weighted by Crippen LogP contribution is -2.41. The second-order valence-corrected chi connectivity index (χ2v) is 2.03. The van der Waals surface area contributed by atoms with E-state index in [9.17, 15) is 9.59 Å². The Morgan fingerprint density at radius 3 is 2.64 bits per heavy atom. The van der Waals surface area contributed by atoms with Crippen LogP contribution in [0.1, 0.15) is 13.3 Å². The first kappa shape index (κ1) is 9.43. The Kier molecular flexibility index (Phi) is 3.67. The minimum atomic E-state index is -0.712. The fourth-order valence-electron chi connectivity index (χ4n) is 0.435. The molecular formula is C6H9N3O2. The van der Waals surface area contributed by atoms with Gasteiger partial charge in [-0.05, 0) is 6.92 Å². The Balaban J connectivity index is 3.77. The number of nitrogens with two attached hydrogens (primary N) is 1. The highest BCUT2D eigenvalue weighted by molar-refractivity contribution is 5.86. The van der Waals surface area contributed by atoms with Gasteiger partial charge in [0.05, 0.1) is 6.07 Å². The van der Waals surface area contributed by atoms with Gasteiger partial charge in [-0.25, -0.2) is 0 Å². The molecule has 0 radical (unpaired) electrons. The second-order valence-electron chi connectivity index (χ2n) is 2.03. The topological polar surface area (TPSA) is 96.0 Å². The summed E-state index contributed by atoms with van der Waals surface area (Å²) in [5, 5.41) is 10.3. The van der Waals surface area contributed by atoms with Crippen LogP contribution in [-0.4, -0.2) is 17.9 Å². The summed E-state index contributed by atoms with van der Waals surface area (Å²) in [6, 6.07) is 0.935. The summed E-state index contributed by atoms with van der Waals surface area (Å²) in [7, 11) is 0. The molecule has 0 saturated heterocycles. The Morgan fingerprint density at radius 1 is 1.73 bits per heavy atom. The monoisotopic (exact) mass is 155 g/mol. The number of hydrogen-bond acceptors (Lipinski definition) is 3. The molecule has 0 heterocycles. The molecule has 0 aliphatic heterocycles. The van der Waals surface area contributed by atoms with Crippen LogP contribution in [0.3, 0.4) is 0 Å². The van der Waals surface area contributed by atoms with E-state index in [0.29, 0.717) is 0 Å². The van der Waals surface area contributed by atoms with Crippen LogP contribution < -0.4 is 11.1 Å². The molecule has 0 rings (SSSR count). The zero-order valence-corrected chi connectivity index (χ0v) is 6.13. The number of carbonyl (C=O) groups is 2. The van der Waals surface area contributed by atoms with Crippen LogP contribution in [0.4, 0.5) is 0 Å². The van der Waals surface area contributed by atoms with E-state index < -0.39 is 17.9 Å². The molecule has 5 nitrogen and oxygen atoms in total. The van der Waals surface area contributed by atoms with Gasteiger partial charge in [0.1, 0.15) is 12.5 Å². The van der Waals surface area contributed by atoms with E-state index in [1.165, 1.54) is 6.92 Å². The maximum atomic E-state index is 10.6. The van der Waals surface area contributed by atoms with Crippen molar-refractivity contribution in [1.29, 1.82) is 5.26 Å². The molecule has 5 heteroatoms. The lowest BCUT2D eigenvalue weighted by Gasteiger charge is -2.06. The van der Waals surface area contributed by atoms with Gasteiger partial charge in [0.15, 0.2) is 0 Å². The third kappa shape index (κ3) is 3.92. The molecule has 0 saturated carbocycles. The number of amides is 2. The number of nitrogens with zero attached hydrogens (tertiary/aromatic N) is 1. The molecule has 0 aromatic carbocycles. The first-order chi connectivity index (χ1) is 5.07. The number of hydrogen-bond donors (Lipinski definition) is 2. The van der Waals surface area contributed by atoms with E-state index in [1.54, 1.807) is 6.07 Å². The lowest BCUT2D eigenvalue weighted by molar-refractivity contribution is -0.126. The molecule has 1 atom stereocenters. The van der Waals surface area contributed by atoms with Crippen molar-refractivity contribution in [1.82, 2.24) is 5.32 Å². The van der Waals surface area contributed by atoms with Crippen LogP contribution in [0.15, 0.2) is 0 Å². The van der Waals surface area contributed by atoms with Gasteiger partial charge in [-0.2, -0.15) is 5.26 Å². The predicted octanol–water partition coefficient (Wildman–Crippen LogP) is -1.11. The largest absolute Gasteiger partial charge is 0.368 e. The molecule has 3 N–H and O–H groups in total. The lowest BCUT2D eigenvalue weighted by atomic mass is 10.3. The van der Waals surface area contributed by atoms with Crippen molar-refractivity contribution < 1.29 is 9.59 Å². The zero-order chi connectivity index (χ0) is 8.85. The number of rotatable bonds is 3. The summed E-state index contributed by atoms with van der Waals surface area (Å²) in [4.78, 5) is 21.0. The van der Waals surface area contributed by atoms with Gasteiger partial charge >= 0.3 is 0 Å². The molecule has 1 unspecified atom stereocenters. The molecule has 0 aliphatic rings. The average molecular weight is 155 g/mol. The Bertz CT molecular complexity index is 206. The third-order valence-electron chi connectivity index (χ3n) is 1.04. The quantitative estimate of drug-likeness (QED) is 0.540. The summed E-state index contributed by atoms with van der Waals surface area (Å²) in [6.07, 6.45) is -0.252. The van der Waals surface area contributed by atoms with E-state index in [-0.39, 0.29) is 6.42 Å². The second kappa shape index (κ2) is 4.28. The minimum Gasteiger partial charge on any atom is -0.368 e. The summed E-state index contributed by atoms with van der Waals surface area (Å²) in [5.74, 6) is -1.10. The van der Waals surface area contributed by atoms with Gasteiger partial charge in [-0.3, -0.25) is 9.59 Å². The van der Waals surface area contributed by atoms with Gasteiger partial charge in [-0.1, -0.05) is 0 Å². The SMILES string of the molecule is CC(NC(=O)CC#N)C(N)=O.